The third-order valence-electron chi connectivity index (χ3n) is 4.90. The highest BCUT2D eigenvalue weighted by molar-refractivity contribution is 7.89. The average Bonchev–Trinajstić information content (AvgIpc) is 2.58. The van der Waals surface area contributed by atoms with Gasteiger partial charge in [-0.25, -0.2) is 8.42 Å². The lowest BCUT2D eigenvalue weighted by atomic mass is 9.94. The molecule has 1 aliphatic heterocycles. The molecule has 0 aliphatic carbocycles. The van der Waals surface area contributed by atoms with E-state index in [0.717, 1.165) is 6.42 Å². The molecule has 1 aromatic carbocycles. The summed E-state index contributed by atoms with van der Waals surface area (Å²) in [4.78, 5) is 24.0. The van der Waals surface area contributed by atoms with Gasteiger partial charge >= 0.3 is 0 Å². The second kappa shape index (κ2) is 9.05. The van der Waals surface area contributed by atoms with Crippen molar-refractivity contribution < 1.29 is 18.0 Å². The van der Waals surface area contributed by atoms with Crippen LogP contribution in [-0.2, 0) is 19.6 Å². The highest BCUT2D eigenvalue weighted by Gasteiger charge is 2.31. The summed E-state index contributed by atoms with van der Waals surface area (Å²) in [6.45, 7) is 10.2. The van der Waals surface area contributed by atoms with E-state index in [1.54, 1.807) is 16.4 Å². The number of anilines is 1. The zero-order valence-corrected chi connectivity index (χ0v) is 18.0. The lowest BCUT2D eigenvalue weighted by Crippen LogP contribution is -2.46. The van der Waals surface area contributed by atoms with Crippen LogP contribution in [0.15, 0.2) is 29.2 Å². The van der Waals surface area contributed by atoms with E-state index in [1.165, 1.54) is 19.1 Å². The quantitative estimate of drug-likeness (QED) is 0.754. The summed E-state index contributed by atoms with van der Waals surface area (Å²) < 4.78 is 27.4. The number of piperidine rings is 1. The highest BCUT2D eigenvalue weighted by Crippen LogP contribution is 2.27. The number of sulfonamides is 1. The lowest BCUT2D eigenvalue weighted by molar-refractivity contribution is -0.126. The fourth-order valence-corrected chi connectivity index (χ4v) is 5.31. The minimum atomic E-state index is -3.56. The molecule has 3 atom stereocenters. The lowest BCUT2D eigenvalue weighted by Gasteiger charge is -2.34. The fourth-order valence-electron chi connectivity index (χ4n) is 3.64. The van der Waals surface area contributed by atoms with E-state index in [2.05, 4.69) is 24.5 Å². The molecule has 0 unspecified atom stereocenters. The number of carbonyl (C=O) groups is 2. The zero-order valence-electron chi connectivity index (χ0n) is 17.2. The van der Waals surface area contributed by atoms with Crippen LogP contribution in [0.4, 0.5) is 5.69 Å². The van der Waals surface area contributed by atoms with Gasteiger partial charge in [0, 0.05) is 25.7 Å². The molecular weight excluding hydrogens is 378 g/mol. The van der Waals surface area contributed by atoms with Crippen molar-refractivity contribution in [3.63, 3.8) is 0 Å². The molecule has 2 N–H and O–H groups in total. The summed E-state index contributed by atoms with van der Waals surface area (Å²) in [7, 11) is -3.56. The van der Waals surface area contributed by atoms with E-state index >= 15 is 0 Å². The van der Waals surface area contributed by atoms with Crippen LogP contribution in [-0.4, -0.2) is 43.7 Å². The van der Waals surface area contributed by atoms with Gasteiger partial charge in [-0.05, 0) is 48.4 Å². The van der Waals surface area contributed by atoms with Crippen LogP contribution in [0, 0.1) is 17.8 Å². The van der Waals surface area contributed by atoms with Crippen molar-refractivity contribution in [3.05, 3.63) is 24.3 Å². The summed E-state index contributed by atoms with van der Waals surface area (Å²) in [5, 5.41) is 5.37. The van der Waals surface area contributed by atoms with Crippen molar-refractivity contribution in [2.75, 3.05) is 18.4 Å². The fraction of sp³-hybridized carbons (Fsp3) is 0.600. The summed E-state index contributed by atoms with van der Waals surface area (Å²) in [6, 6.07) is 5.52. The van der Waals surface area contributed by atoms with E-state index in [9.17, 15) is 18.0 Å². The predicted octanol–water partition coefficient (Wildman–Crippen LogP) is 2.45. The molecule has 28 heavy (non-hydrogen) atoms. The molecule has 8 heteroatoms. The third kappa shape index (κ3) is 5.54. The van der Waals surface area contributed by atoms with Crippen LogP contribution in [0.25, 0.3) is 0 Å². The molecule has 0 saturated carbocycles. The van der Waals surface area contributed by atoms with E-state index in [1.807, 2.05) is 13.8 Å². The summed E-state index contributed by atoms with van der Waals surface area (Å²) in [5.74, 6) is -0.0240. The number of nitrogens with one attached hydrogen (secondary N) is 2. The smallest absolute Gasteiger partial charge is 0.247 e. The summed E-state index contributed by atoms with van der Waals surface area (Å²) >= 11 is 0. The van der Waals surface area contributed by atoms with Crippen LogP contribution in [0.3, 0.4) is 0 Å². The Kier molecular flexibility index (Phi) is 7.22. The molecule has 2 amide bonds. The molecular formula is C20H31N3O4S. The van der Waals surface area contributed by atoms with Crippen molar-refractivity contribution >= 4 is 27.5 Å². The van der Waals surface area contributed by atoms with Crippen molar-refractivity contribution in [3.8, 4) is 0 Å². The largest absolute Gasteiger partial charge is 0.344 e. The molecule has 1 fully saturated rings. The molecule has 0 spiro atoms. The molecule has 1 heterocycles. The van der Waals surface area contributed by atoms with Gasteiger partial charge in [-0.2, -0.15) is 4.31 Å². The number of hydrogen-bond acceptors (Lipinski definition) is 4. The monoisotopic (exact) mass is 409 g/mol. The van der Waals surface area contributed by atoms with Crippen LogP contribution in [0.2, 0.25) is 0 Å². The molecule has 0 bridgehead atoms. The van der Waals surface area contributed by atoms with Crippen molar-refractivity contribution in [2.24, 2.45) is 17.8 Å². The van der Waals surface area contributed by atoms with Crippen LogP contribution in [0.5, 0.6) is 0 Å². The number of carbonyl (C=O) groups excluding carboxylic acids is 2. The number of rotatable bonds is 6. The molecule has 1 saturated heterocycles. The molecule has 2 rings (SSSR count). The minimum absolute atomic E-state index is 0.0772. The van der Waals surface area contributed by atoms with E-state index < -0.39 is 16.1 Å². The summed E-state index contributed by atoms with van der Waals surface area (Å²) in [5.41, 5.74) is 0.486. The first-order valence-electron chi connectivity index (χ1n) is 9.69. The molecule has 156 valence electrons. The Bertz CT molecular complexity index is 795. The maximum atomic E-state index is 12.9. The number of hydrogen-bond donors (Lipinski definition) is 2. The van der Waals surface area contributed by atoms with Gasteiger partial charge in [0.1, 0.15) is 6.04 Å². The molecule has 1 aromatic rings. The third-order valence-corrected chi connectivity index (χ3v) is 6.75. The van der Waals surface area contributed by atoms with Crippen LogP contribution in [0.1, 0.15) is 41.0 Å². The van der Waals surface area contributed by atoms with Crippen molar-refractivity contribution in [1.29, 1.82) is 0 Å². The normalized spacial score (nSPS) is 21.9. The maximum Gasteiger partial charge on any atom is 0.247 e. The first-order chi connectivity index (χ1) is 13.0. The second-order valence-corrected chi connectivity index (χ2v) is 10.1. The zero-order chi connectivity index (χ0) is 21.1. The van der Waals surface area contributed by atoms with Crippen LogP contribution >= 0.6 is 0 Å². The Morgan fingerprint density at radius 2 is 1.61 bits per heavy atom. The first-order valence-corrected chi connectivity index (χ1v) is 11.1. The number of amides is 2. The Morgan fingerprint density at radius 1 is 1.07 bits per heavy atom. The predicted molar refractivity (Wildman–Crippen MR) is 109 cm³/mol. The molecule has 7 nitrogen and oxygen atoms in total. The maximum absolute atomic E-state index is 12.9. The first kappa shape index (κ1) is 22.4. The Morgan fingerprint density at radius 3 is 2.07 bits per heavy atom. The van der Waals surface area contributed by atoms with Gasteiger partial charge < -0.3 is 10.6 Å². The van der Waals surface area contributed by atoms with Crippen molar-refractivity contribution in [2.45, 2.75) is 52.0 Å². The molecule has 0 aromatic heterocycles. The van der Waals surface area contributed by atoms with Gasteiger partial charge in [0.2, 0.25) is 21.8 Å². The topological polar surface area (TPSA) is 95.6 Å². The van der Waals surface area contributed by atoms with Gasteiger partial charge in [-0.1, -0.05) is 27.7 Å². The summed E-state index contributed by atoms with van der Waals surface area (Å²) in [6.07, 6.45) is 1.03. The Labute approximate surface area is 167 Å². The minimum Gasteiger partial charge on any atom is -0.344 e. The van der Waals surface area contributed by atoms with Gasteiger partial charge in [-0.3, -0.25) is 9.59 Å². The molecule has 1 aliphatic rings. The standard InChI is InChI=1S/C20H31N3O4S/c1-13(2)19(21-16(5)24)20(25)22-17-6-8-18(9-7-17)28(26,27)23-11-14(3)10-15(4)12-23/h6-9,13-15,19H,10-12H2,1-5H3,(H,21,24)(H,22,25)/t14-,15-,19+/m0/s1. The van der Waals surface area contributed by atoms with Gasteiger partial charge in [0.25, 0.3) is 0 Å². The number of nitrogens with zero attached hydrogens (tertiary/aromatic N) is 1. The van der Waals surface area contributed by atoms with E-state index in [4.69, 9.17) is 0 Å². The van der Waals surface area contributed by atoms with E-state index in [-0.39, 0.29) is 22.6 Å². The Balaban J connectivity index is 2.12. The number of benzene rings is 1. The van der Waals surface area contributed by atoms with Gasteiger partial charge in [0.05, 0.1) is 4.90 Å². The van der Waals surface area contributed by atoms with E-state index in [0.29, 0.717) is 30.6 Å². The Hall–Kier alpha value is -1.93. The van der Waals surface area contributed by atoms with Crippen molar-refractivity contribution in [1.82, 2.24) is 9.62 Å². The average molecular weight is 410 g/mol. The van der Waals surface area contributed by atoms with Gasteiger partial charge in [0.15, 0.2) is 0 Å². The van der Waals surface area contributed by atoms with Crippen LogP contribution < -0.4 is 10.6 Å². The second-order valence-electron chi connectivity index (χ2n) is 8.20. The highest BCUT2D eigenvalue weighted by atomic mass is 32.2. The molecule has 0 radical (unpaired) electrons. The van der Waals surface area contributed by atoms with Gasteiger partial charge in [-0.15, -0.1) is 0 Å². The SMILES string of the molecule is CC(=O)N[C@@H](C(=O)Nc1ccc(S(=O)(=O)N2C[C@@H](C)C[C@H](C)C2)cc1)C(C)C.